The minimum absolute atomic E-state index is 0.602. The zero-order valence-corrected chi connectivity index (χ0v) is 11.7. The fraction of sp³-hybridized carbons (Fsp3) is 0.625. The molecule has 1 aromatic carbocycles. The van der Waals surface area contributed by atoms with Gasteiger partial charge in [0.1, 0.15) is 13.2 Å². The zero-order chi connectivity index (χ0) is 13.5. The van der Waals surface area contributed by atoms with Crippen molar-refractivity contribution in [3.05, 3.63) is 12.1 Å². The van der Waals surface area contributed by atoms with Gasteiger partial charge in [0.2, 0.25) is 0 Å². The van der Waals surface area contributed by atoms with Crippen molar-refractivity contribution in [1.29, 1.82) is 0 Å². The number of nitrogens with one attached hydrogen (secondary N) is 1. The second-order valence-corrected chi connectivity index (χ2v) is 6.40. The number of ether oxygens (including phenoxy) is 2. The normalized spacial score (nSPS) is 30.5. The van der Waals surface area contributed by atoms with E-state index >= 15 is 0 Å². The molecule has 0 aromatic heterocycles. The number of hydrogen-bond acceptors (Lipinski definition) is 4. The molecule has 0 saturated heterocycles. The molecule has 1 heterocycles. The van der Waals surface area contributed by atoms with Crippen molar-refractivity contribution in [3.63, 3.8) is 0 Å². The molecule has 3 N–H and O–H groups in total. The number of benzene rings is 1. The number of hydrogen-bond donors (Lipinski definition) is 2. The Hall–Kier alpha value is -1.58. The van der Waals surface area contributed by atoms with E-state index in [1.165, 1.54) is 25.7 Å². The van der Waals surface area contributed by atoms with Crippen LogP contribution in [-0.4, -0.2) is 19.8 Å². The fourth-order valence-electron chi connectivity index (χ4n) is 4.13. The summed E-state index contributed by atoms with van der Waals surface area (Å²) in [6, 6.07) is 3.86. The minimum atomic E-state index is 0.602. The molecular formula is C16H22N2O2. The van der Waals surface area contributed by atoms with E-state index in [1.54, 1.807) is 0 Å². The maximum Gasteiger partial charge on any atom is 0.163 e. The fourth-order valence-corrected chi connectivity index (χ4v) is 4.13. The highest BCUT2D eigenvalue weighted by molar-refractivity contribution is 5.72. The lowest BCUT2D eigenvalue weighted by molar-refractivity contribution is 0.172. The second-order valence-electron chi connectivity index (χ2n) is 6.40. The Morgan fingerprint density at radius 3 is 2.60 bits per heavy atom. The summed E-state index contributed by atoms with van der Waals surface area (Å²) in [7, 11) is 0. The third-order valence-corrected chi connectivity index (χ3v) is 5.15. The Bertz CT molecular complexity index is 517. The van der Waals surface area contributed by atoms with Crippen LogP contribution in [0.25, 0.3) is 0 Å². The van der Waals surface area contributed by atoms with Crippen LogP contribution in [0.4, 0.5) is 11.4 Å². The molecule has 2 bridgehead atoms. The van der Waals surface area contributed by atoms with Gasteiger partial charge in [-0.3, -0.25) is 0 Å². The van der Waals surface area contributed by atoms with Gasteiger partial charge in [0.25, 0.3) is 0 Å². The van der Waals surface area contributed by atoms with Crippen molar-refractivity contribution in [3.8, 4) is 11.5 Å². The van der Waals surface area contributed by atoms with Crippen LogP contribution < -0.4 is 20.5 Å². The standard InChI is InChI=1S/C16H22N2O2/c17-13-7-15-16(20-4-3-19-15)8-14(13)18-9-12-6-10-1-2-11(12)5-10/h7-8,10-12,18H,1-6,9,17H2. The molecule has 3 unspecified atom stereocenters. The van der Waals surface area contributed by atoms with Crippen LogP contribution in [0.1, 0.15) is 25.7 Å². The van der Waals surface area contributed by atoms with Crippen LogP contribution in [0.2, 0.25) is 0 Å². The minimum Gasteiger partial charge on any atom is -0.486 e. The summed E-state index contributed by atoms with van der Waals surface area (Å²) in [5.41, 5.74) is 7.84. The molecule has 2 fully saturated rings. The van der Waals surface area contributed by atoms with Crippen LogP contribution >= 0.6 is 0 Å². The second kappa shape index (κ2) is 4.76. The maximum absolute atomic E-state index is 6.11. The average molecular weight is 274 g/mol. The first kappa shape index (κ1) is 12.2. The lowest BCUT2D eigenvalue weighted by Gasteiger charge is -2.24. The molecule has 4 heteroatoms. The Morgan fingerprint density at radius 1 is 1.10 bits per heavy atom. The molecule has 1 aromatic rings. The Kier molecular flexibility index (Phi) is 2.90. The molecule has 4 nitrogen and oxygen atoms in total. The maximum atomic E-state index is 6.11. The predicted octanol–water partition coefficient (Wildman–Crippen LogP) is 2.89. The predicted molar refractivity (Wildman–Crippen MR) is 79.3 cm³/mol. The largest absolute Gasteiger partial charge is 0.486 e. The van der Waals surface area contributed by atoms with Crippen LogP contribution in [0.3, 0.4) is 0 Å². The monoisotopic (exact) mass is 274 g/mol. The first-order valence-corrected chi connectivity index (χ1v) is 7.72. The lowest BCUT2D eigenvalue weighted by atomic mass is 9.89. The number of fused-ring (bicyclic) bond motifs is 3. The van der Waals surface area contributed by atoms with Crippen LogP contribution in [0.5, 0.6) is 11.5 Å². The highest BCUT2D eigenvalue weighted by atomic mass is 16.6. The van der Waals surface area contributed by atoms with E-state index in [9.17, 15) is 0 Å². The zero-order valence-electron chi connectivity index (χ0n) is 11.7. The van der Waals surface area contributed by atoms with E-state index in [0.717, 1.165) is 47.2 Å². The van der Waals surface area contributed by atoms with Gasteiger partial charge in [-0.25, -0.2) is 0 Å². The molecule has 20 heavy (non-hydrogen) atoms. The average Bonchev–Trinajstić information content (AvgIpc) is 3.07. The van der Waals surface area contributed by atoms with E-state index in [4.69, 9.17) is 15.2 Å². The van der Waals surface area contributed by atoms with Crippen molar-refractivity contribution in [1.82, 2.24) is 0 Å². The topological polar surface area (TPSA) is 56.5 Å². The number of rotatable bonds is 3. The van der Waals surface area contributed by atoms with Gasteiger partial charge in [0.15, 0.2) is 11.5 Å². The third kappa shape index (κ3) is 2.07. The van der Waals surface area contributed by atoms with E-state index in [-0.39, 0.29) is 0 Å². The van der Waals surface area contributed by atoms with E-state index < -0.39 is 0 Å². The number of anilines is 2. The molecular weight excluding hydrogens is 252 g/mol. The van der Waals surface area contributed by atoms with Crippen LogP contribution in [-0.2, 0) is 0 Å². The molecule has 1 aliphatic heterocycles. The van der Waals surface area contributed by atoms with Crippen molar-refractivity contribution in [2.75, 3.05) is 30.8 Å². The van der Waals surface area contributed by atoms with E-state index in [0.29, 0.717) is 13.2 Å². The number of nitrogens with two attached hydrogens (primary N) is 1. The highest BCUT2D eigenvalue weighted by Gasteiger charge is 2.39. The van der Waals surface area contributed by atoms with Gasteiger partial charge in [-0.2, -0.15) is 0 Å². The highest BCUT2D eigenvalue weighted by Crippen LogP contribution is 2.48. The molecule has 0 radical (unpaired) electrons. The molecule has 2 saturated carbocycles. The van der Waals surface area contributed by atoms with Crippen molar-refractivity contribution >= 4 is 11.4 Å². The van der Waals surface area contributed by atoms with Gasteiger partial charge in [0.05, 0.1) is 11.4 Å². The van der Waals surface area contributed by atoms with E-state index in [1.807, 2.05) is 12.1 Å². The summed E-state index contributed by atoms with van der Waals surface area (Å²) >= 11 is 0. The Morgan fingerprint density at radius 2 is 1.90 bits per heavy atom. The molecule has 0 amide bonds. The summed E-state index contributed by atoms with van der Waals surface area (Å²) in [4.78, 5) is 0. The molecule has 4 rings (SSSR count). The van der Waals surface area contributed by atoms with Gasteiger partial charge in [0, 0.05) is 18.7 Å². The van der Waals surface area contributed by atoms with Crippen molar-refractivity contribution < 1.29 is 9.47 Å². The van der Waals surface area contributed by atoms with Gasteiger partial charge in [-0.15, -0.1) is 0 Å². The summed E-state index contributed by atoms with van der Waals surface area (Å²) in [5.74, 6) is 4.32. The lowest BCUT2D eigenvalue weighted by Crippen LogP contribution is -2.21. The van der Waals surface area contributed by atoms with Crippen molar-refractivity contribution in [2.24, 2.45) is 17.8 Å². The first-order chi connectivity index (χ1) is 9.79. The quantitative estimate of drug-likeness (QED) is 0.832. The number of nitrogen functional groups attached to an aromatic ring is 1. The molecule has 3 atom stereocenters. The van der Waals surface area contributed by atoms with E-state index in [2.05, 4.69) is 5.32 Å². The molecule has 2 aliphatic carbocycles. The summed E-state index contributed by atoms with van der Waals surface area (Å²) in [6.07, 6.45) is 5.71. The van der Waals surface area contributed by atoms with Gasteiger partial charge in [-0.1, -0.05) is 6.42 Å². The smallest absolute Gasteiger partial charge is 0.163 e. The van der Waals surface area contributed by atoms with Gasteiger partial charge in [-0.05, 0) is 37.0 Å². The summed E-state index contributed by atoms with van der Waals surface area (Å²) < 4.78 is 11.2. The molecule has 108 valence electrons. The Balaban J connectivity index is 1.46. The third-order valence-electron chi connectivity index (χ3n) is 5.15. The van der Waals surface area contributed by atoms with Gasteiger partial charge >= 0.3 is 0 Å². The van der Waals surface area contributed by atoms with Crippen LogP contribution in [0, 0.1) is 17.8 Å². The Labute approximate surface area is 119 Å². The molecule has 0 spiro atoms. The molecule has 3 aliphatic rings. The summed E-state index contributed by atoms with van der Waals surface area (Å²) in [6.45, 7) is 2.25. The van der Waals surface area contributed by atoms with Gasteiger partial charge < -0.3 is 20.5 Å². The van der Waals surface area contributed by atoms with Crippen LogP contribution in [0.15, 0.2) is 12.1 Å². The SMILES string of the molecule is Nc1cc2c(cc1NCC1CC3CCC1C3)OCCO2. The summed E-state index contributed by atoms with van der Waals surface area (Å²) in [5, 5.41) is 3.53. The first-order valence-electron chi connectivity index (χ1n) is 7.72. The van der Waals surface area contributed by atoms with Crippen molar-refractivity contribution in [2.45, 2.75) is 25.7 Å².